The number of hydrogen-bond donors (Lipinski definition) is 3. The summed E-state index contributed by atoms with van der Waals surface area (Å²) >= 11 is 0. The van der Waals surface area contributed by atoms with Crippen molar-refractivity contribution < 1.29 is 29.3 Å². The predicted molar refractivity (Wildman–Crippen MR) is 70.5 cm³/mol. The molecule has 1 aromatic carbocycles. The largest absolute Gasteiger partial charge is 0.481 e. The number of carbonyl (C=O) groups excluding carboxylic acids is 1. The summed E-state index contributed by atoms with van der Waals surface area (Å²) in [6.45, 7) is -0.0148. The van der Waals surface area contributed by atoms with Crippen LogP contribution >= 0.6 is 0 Å². The molecule has 1 saturated carbocycles. The van der Waals surface area contributed by atoms with E-state index in [-0.39, 0.29) is 19.4 Å². The zero-order chi connectivity index (χ0) is 15.5. The molecular formula is C14H15NO6. The molecule has 2 rings (SSSR count). The van der Waals surface area contributed by atoms with Crippen LogP contribution in [0.15, 0.2) is 30.3 Å². The number of nitrogens with one attached hydrogen (secondary N) is 1. The van der Waals surface area contributed by atoms with E-state index in [0.29, 0.717) is 0 Å². The first-order valence-electron chi connectivity index (χ1n) is 6.39. The molecular weight excluding hydrogens is 278 g/mol. The molecule has 1 fully saturated rings. The van der Waals surface area contributed by atoms with Gasteiger partial charge in [-0.05, 0) is 18.4 Å². The molecule has 7 nitrogen and oxygen atoms in total. The Balaban J connectivity index is 1.94. The minimum Gasteiger partial charge on any atom is -0.481 e. The predicted octanol–water partition coefficient (Wildman–Crippen LogP) is 1.23. The fourth-order valence-corrected chi connectivity index (χ4v) is 2.08. The molecule has 0 heterocycles. The van der Waals surface area contributed by atoms with Crippen LogP contribution < -0.4 is 5.32 Å². The molecule has 1 unspecified atom stereocenters. The number of amides is 1. The Hall–Kier alpha value is -2.57. The van der Waals surface area contributed by atoms with Gasteiger partial charge in [0.1, 0.15) is 12.6 Å². The van der Waals surface area contributed by atoms with Crippen LogP contribution in [0.5, 0.6) is 0 Å². The minimum atomic E-state index is -1.49. The number of rotatable bonds is 6. The third-order valence-electron chi connectivity index (χ3n) is 3.49. The third-order valence-corrected chi connectivity index (χ3v) is 3.49. The van der Waals surface area contributed by atoms with Crippen LogP contribution in [-0.4, -0.2) is 34.3 Å². The van der Waals surface area contributed by atoms with Crippen molar-refractivity contribution in [3.63, 3.8) is 0 Å². The summed E-state index contributed by atoms with van der Waals surface area (Å²) in [5, 5.41) is 20.3. The number of alkyl carbamates (subject to hydrolysis) is 1. The van der Waals surface area contributed by atoms with E-state index < -0.39 is 29.5 Å². The van der Waals surface area contributed by atoms with Gasteiger partial charge in [-0.25, -0.2) is 9.59 Å². The first kappa shape index (κ1) is 14.8. The average molecular weight is 293 g/mol. The van der Waals surface area contributed by atoms with Crippen molar-refractivity contribution in [3.8, 4) is 0 Å². The molecule has 112 valence electrons. The van der Waals surface area contributed by atoms with Crippen molar-refractivity contribution in [2.45, 2.75) is 25.5 Å². The lowest BCUT2D eigenvalue weighted by atomic mass is 9.97. The van der Waals surface area contributed by atoms with Crippen LogP contribution in [0.25, 0.3) is 0 Å². The van der Waals surface area contributed by atoms with Crippen LogP contribution in [0.4, 0.5) is 4.79 Å². The van der Waals surface area contributed by atoms with Gasteiger partial charge in [-0.3, -0.25) is 4.79 Å². The van der Waals surface area contributed by atoms with Crippen molar-refractivity contribution >= 4 is 18.0 Å². The maximum atomic E-state index is 11.6. The van der Waals surface area contributed by atoms with Crippen molar-refractivity contribution in [2.75, 3.05) is 0 Å². The summed E-state index contributed by atoms with van der Waals surface area (Å²) < 4.78 is 4.91. The molecule has 0 aromatic heterocycles. The Labute approximate surface area is 120 Å². The van der Waals surface area contributed by atoms with Crippen molar-refractivity contribution in [3.05, 3.63) is 35.9 Å². The highest BCUT2D eigenvalue weighted by Crippen LogP contribution is 2.49. The van der Waals surface area contributed by atoms with Crippen LogP contribution in [-0.2, 0) is 20.9 Å². The third kappa shape index (κ3) is 3.31. The lowest BCUT2D eigenvalue weighted by molar-refractivity contribution is -0.152. The van der Waals surface area contributed by atoms with E-state index in [4.69, 9.17) is 14.9 Å². The van der Waals surface area contributed by atoms with Crippen LogP contribution in [0, 0.1) is 5.41 Å². The highest BCUT2D eigenvalue weighted by Gasteiger charge is 2.60. The van der Waals surface area contributed by atoms with Gasteiger partial charge < -0.3 is 20.3 Å². The highest BCUT2D eigenvalue weighted by atomic mass is 16.5. The number of carbonyl (C=O) groups is 3. The average Bonchev–Trinajstić information content (AvgIpc) is 3.25. The summed E-state index contributed by atoms with van der Waals surface area (Å²) in [5.41, 5.74) is -0.670. The maximum absolute atomic E-state index is 11.6. The molecule has 0 spiro atoms. The number of hydrogen-bond acceptors (Lipinski definition) is 4. The Kier molecular flexibility index (Phi) is 4.11. The van der Waals surface area contributed by atoms with E-state index in [9.17, 15) is 14.4 Å². The molecule has 1 aliphatic rings. The summed E-state index contributed by atoms with van der Waals surface area (Å²) in [6.07, 6.45) is -0.505. The Morgan fingerprint density at radius 3 is 2.29 bits per heavy atom. The first-order chi connectivity index (χ1) is 9.95. The van der Waals surface area contributed by atoms with E-state index in [1.807, 2.05) is 6.07 Å². The first-order valence-corrected chi connectivity index (χ1v) is 6.39. The fraction of sp³-hybridized carbons (Fsp3) is 0.357. The van der Waals surface area contributed by atoms with Gasteiger partial charge in [-0.15, -0.1) is 0 Å². The second-order valence-electron chi connectivity index (χ2n) is 4.94. The lowest BCUT2D eigenvalue weighted by Crippen LogP contribution is -2.50. The van der Waals surface area contributed by atoms with Crippen LogP contribution in [0.1, 0.15) is 18.4 Å². The fourth-order valence-electron chi connectivity index (χ4n) is 2.08. The smallest absolute Gasteiger partial charge is 0.408 e. The van der Waals surface area contributed by atoms with Gasteiger partial charge in [0.2, 0.25) is 0 Å². The normalized spacial score (nSPS) is 16.6. The zero-order valence-corrected chi connectivity index (χ0v) is 11.1. The summed E-state index contributed by atoms with van der Waals surface area (Å²) in [4.78, 5) is 33.9. The van der Waals surface area contributed by atoms with E-state index in [1.165, 1.54) is 0 Å². The van der Waals surface area contributed by atoms with E-state index >= 15 is 0 Å². The summed E-state index contributed by atoms with van der Waals surface area (Å²) in [5.74, 6) is -2.61. The Morgan fingerprint density at radius 1 is 1.19 bits per heavy atom. The molecule has 1 amide bonds. The topological polar surface area (TPSA) is 113 Å². The van der Waals surface area contributed by atoms with Gasteiger partial charge in [0.25, 0.3) is 0 Å². The molecule has 0 saturated heterocycles. The monoisotopic (exact) mass is 293 g/mol. The van der Waals surface area contributed by atoms with Crippen molar-refractivity contribution in [2.24, 2.45) is 5.41 Å². The zero-order valence-electron chi connectivity index (χ0n) is 11.1. The van der Waals surface area contributed by atoms with Gasteiger partial charge in [-0.1, -0.05) is 30.3 Å². The number of ether oxygens (including phenoxy) is 1. The van der Waals surface area contributed by atoms with Gasteiger partial charge >= 0.3 is 18.0 Å². The lowest BCUT2D eigenvalue weighted by Gasteiger charge is -2.20. The second kappa shape index (κ2) is 5.82. The highest BCUT2D eigenvalue weighted by molar-refractivity contribution is 5.90. The standard InChI is InChI=1S/C14H15NO6/c16-11(17)10(14(6-7-14)12(18)19)15-13(20)21-8-9-4-2-1-3-5-9/h1-5,10H,6-8H2,(H,15,20)(H,16,17)(H,18,19). The number of carboxylic acid groups (broad SMARTS) is 2. The molecule has 7 heteroatoms. The molecule has 0 radical (unpaired) electrons. The minimum absolute atomic E-state index is 0.0148. The van der Waals surface area contributed by atoms with Gasteiger partial charge in [0.05, 0.1) is 5.41 Å². The SMILES string of the molecule is O=C(NC(C(=O)O)C1(C(=O)O)CC1)OCc1ccccc1. The number of aliphatic carboxylic acids is 2. The summed E-state index contributed by atoms with van der Waals surface area (Å²) in [7, 11) is 0. The molecule has 0 bridgehead atoms. The van der Waals surface area contributed by atoms with E-state index in [1.54, 1.807) is 24.3 Å². The van der Waals surface area contributed by atoms with Gasteiger partial charge in [-0.2, -0.15) is 0 Å². The molecule has 0 aliphatic heterocycles. The summed E-state index contributed by atoms with van der Waals surface area (Å²) in [6, 6.07) is 7.38. The van der Waals surface area contributed by atoms with Crippen molar-refractivity contribution in [1.29, 1.82) is 0 Å². The molecule has 1 aromatic rings. The number of benzene rings is 1. The molecule has 1 aliphatic carbocycles. The maximum Gasteiger partial charge on any atom is 0.408 e. The van der Waals surface area contributed by atoms with Gasteiger partial charge in [0, 0.05) is 0 Å². The Morgan fingerprint density at radius 2 is 1.81 bits per heavy atom. The molecule has 1 atom stereocenters. The second-order valence-corrected chi connectivity index (χ2v) is 4.94. The number of carboxylic acids is 2. The van der Waals surface area contributed by atoms with Crippen molar-refractivity contribution in [1.82, 2.24) is 5.32 Å². The van der Waals surface area contributed by atoms with Crippen LogP contribution in [0.2, 0.25) is 0 Å². The van der Waals surface area contributed by atoms with E-state index in [0.717, 1.165) is 5.56 Å². The molecule has 3 N–H and O–H groups in total. The molecule has 21 heavy (non-hydrogen) atoms. The quantitative estimate of drug-likeness (QED) is 0.727. The van der Waals surface area contributed by atoms with E-state index in [2.05, 4.69) is 5.32 Å². The van der Waals surface area contributed by atoms with Crippen LogP contribution in [0.3, 0.4) is 0 Å². The Bertz CT molecular complexity index is 552. The van der Waals surface area contributed by atoms with Gasteiger partial charge in [0.15, 0.2) is 0 Å².